The fourth-order valence-corrected chi connectivity index (χ4v) is 4.63. The molecule has 1 fully saturated rings. The van der Waals surface area contributed by atoms with Gasteiger partial charge in [-0.2, -0.15) is 0 Å². The molecule has 2 aromatic carbocycles. The van der Waals surface area contributed by atoms with E-state index in [4.69, 9.17) is 35.4 Å². The standard InChI is InChI=1S/C25H21Cl2N3O2S/c1-13-11-17(16(4)29(13)21-9-5-7-19(26)14(21)2)12-18-23(31)28-25(33)30(24(18)32)22-10-6-8-20(27)15(22)3/h5-12H,1-4H3,(H,28,31,33)/b18-12+. The van der Waals surface area contributed by atoms with Crippen LogP contribution in [0.4, 0.5) is 5.69 Å². The molecule has 168 valence electrons. The molecule has 4 rings (SSSR count). The van der Waals surface area contributed by atoms with Gasteiger partial charge in [0.2, 0.25) is 0 Å². The minimum absolute atomic E-state index is 0.00829. The maximum atomic E-state index is 13.4. The molecule has 0 atom stereocenters. The van der Waals surface area contributed by atoms with Crippen molar-refractivity contribution in [1.82, 2.24) is 9.88 Å². The zero-order valence-corrected chi connectivity index (χ0v) is 20.8. The first-order chi connectivity index (χ1) is 15.6. The number of thiocarbonyl (C=S) groups is 1. The molecule has 2 amide bonds. The first kappa shape index (κ1) is 23.2. The van der Waals surface area contributed by atoms with Crippen LogP contribution >= 0.6 is 35.4 Å². The van der Waals surface area contributed by atoms with Gasteiger partial charge < -0.3 is 4.57 Å². The summed E-state index contributed by atoms with van der Waals surface area (Å²) in [6.07, 6.45) is 1.60. The van der Waals surface area contributed by atoms with Crippen molar-refractivity contribution in [1.29, 1.82) is 0 Å². The van der Waals surface area contributed by atoms with E-state index in [1.807, 2.05) is 45.0 Å². The number of carbonyl (C=O) groups excluding carboxylic acids is 2. The van der Waals surface area contributed by atoms with Crippen LogP contribution in [0.1, 0.15) is 28.1 Å². The molecule has 0 radical (unpaired) electrons. The number of rotatable bonds is 3. The van der Waals surface area contributed by atoms with Gasteiger partial charge >= 0.3 is 0 Å². The first-order valence-electron chi connectivity index (χ1n) is 10.2. The molecule has 1 aromatic heterocycles. The van der Waals surface area contributed by atoms with Gasteiger partial charge in [-0.3, -0.25) is 19.8 Å². The summed E-state index contributed by atoms with van der Waals surface area (Å²) < 4.78 is 2.06. The van der Waals surface area contributed by atoms with Crippen LogP contribution in [0.15, 0.2) is 48.0 Å². The minimum atomic E-state index is -0.537. The van der Waals surface area contributed by atoms with Gasteiger partial charge in [0, 0.05) is 27.1 Å². The van der Waals surface area contributed by atoms with Crippen LogP contribution in [0.5, 0.6) is 0 Å². The number of aromatic nitrogens is 1. The van der Waals surface area contributed by atoms with E-state index in [0.717, 1.165) is 28.2 Å². The normalized spacial score (nSPS) is 15.4. The van der Waals surface area contributed by atoms with E-state index < -0.39 is 11.8 Å². The lowest BCUT2D eigenvalue weighted by Gasteiger charge is -2.30. The third-order valence-electron chi connectivity index (χ3n) is 5.83. The predicted octanol–water partition coefficient (Wildman–Crippen LogP) is 5.85. The summed E-state index contributed by atoms with van der Waals surface area (Å²) in [5.41, 5.74) is 5.69. The second-order valence-corrected chi connectivity index (χ2v) is 9.09. The van der Waals surface area contributed by atoms with Crippen LogP contribution in [0.3, 0.4) is 0 Å². The molecule has 0 unspecified atom stereocenters. The van der Waals surface area contributed by atoms with E-state index in [1.54, 1.807) is 31.2 Å². The lowest BCUT2D eigenvalue weighted by molar-refractivity contribution is -0.122. The molecule has 1 aliphatic heterocycles. The Bertz CT molecular complexity index is 1370. The van der Waals surface area contributed by atoms with Crippen molar-refractivity contribution < 1.29 is 9.59 Å². The van der Waals surface area contributed by atoms with Gasteiger partial charge in [0.1, 0.15) is 5.57 Å². The van der Waals surface area contributed by atoms with Crippen molar-refractivity contribution in [2.45, 2.75) is 27.7 Å². The zero-order chi connectivity index (χ0) is 24.0. The smallest absolute Gasteiger partial charge is 0.270 e. The second kappa shape index (κ2) is 8.78. The maximum Gasteiger partial charge on any atom is 0.270 e. The van der Waals surface area contributed by atoms with Gasteiger partial charge in [-0.25, -0.2) is 0 Å². The number of amides is 2. The van der Waals surface area contributed by atoms with Crippen molar-refractivity contribution in [3.63, 3.8) is 0 Å². The Morgan fingerprint density at radius 1 is 0.909 bits per heavy atom. The molecule has 1 aliphatic rings. The van der Waals surface area contributed by atoms with Gasteiger partial charge in [0.05, 0.1) is 5.69 Å². The highest BCUT2D eigenvalue weighted by molar-refractivity contribution is 7.80. The predicted molar refractivity (Wildman–Crippen MR) is 137 cm³/mol. The van der Waals surface area contributed by atoms with Crippen molar-refractivity contribution in [3.05, 3.63) is 86.2 Å². The Labute approximate surface area is 207 Å². The fourth-order valence-electron chi connectivity index (χ4n) is 4.01. The third-order valence-corrected chi connectivity index (χ3v) is 6.94. The summed E-state index contributed by atoms with van der Waals surface area (Å²) in [6, 6.07) is 12.9. The summed E-state index contributed by atoms with van der Waals surface area (Å²) in [5.74, 6) is -1.04. The molecule has 0 bridgehead atoms. The summed E-state index contributed by atoms with van der Waals surface area (Å²) in [5, 5.41) is 3.82. The average Bonchev–Trinajstić information content (AvgIpc) is 3.03. The summed E-state index contributed by atoms with van der Waals surface area (Å²) >= 11 is 17.9. The highest BCUT2D eigenvalue weighted by Gasteiger charge is 2.35. The van der Waals surface area contributed by atoms with Crippen molar-refractivity contribution in [2.75, 3.05) is 4.90 Å². The molecule has 1 saturated heterocycles. The number of aryl methyl sites for hydroxylation is 1. The molecular weight excluding hydrogens is 477 g/mol. The zero-order valence-electron chi connectivity index (χ0n) is 18.5. The largest absolute Gasteiger partial charge is 0.318 e. The van der Waals surface area contributed by atoms with Gasteiger partial charge in [0.15, 0.2) is 5.11 Å². The quantitative estimate of drug-likeness (QED) is 0.280. The SMILES string of the molecule is Cc1c(Cl)cccc1N1C(=O)/C(=C/c2cc(C)n(-c3cccc(Cl)c3C)c2C)C(=O)NC1=S. The van der Waals surface area contributed by atoms with Crippen LogP contribution in [0.2, 0.25) is 10.0 Å². The number of halogens is 2. The van der Waals surface area contributed by atoms with Crippen molar-refractivity contribution >= 4 is 64.1 Å². The van der Waals surface area contributed by atoms with Gasteiger partial charge in [-0.1, -0.05) is 35.3 Å². The fraction of sp³-hybridized carbons (Fsp3) is 0.160. The van der Waals surface area contributed by atoms with E-state index >= 15 is 0 Å². The van der Waals surface area contributed by atoms with Crippen LogP contribution in [0.25, 0.3) is 11.8 Å². The molecule has 0 saturated carbocycles. The lowest BCUT2D eigenvalue weighted by Crippen LogP contribution is -2.54. The molecule has 33 heavy (non-hydrogen) atoms. The van der Waals surface area contributed by atoms with Gasteiger partial charge in [-0.15, -0.1) is 0 Å². The van der Waals surface area contributed by atoms with Gasteiger partial charge in [-0.05, 0) is 93.0 Å². The van der Waals surface area contributed by atoms with Crippen LogP contribution in [-0.4, -0.2) is 21.5 Å². The average molecular weight is 498 g/mol. The number of benzene rings is 2. The van der Waals surface area contributed by atoms with E-state index in [9.17, 15) is 9.59 Å². The van der Waals surface area contributed by atoms with Crippen LogP contribution in [-0.2, 0) is 9.59 Å². The first-order valence-corrected chi connectivity index (χ1v) is 11.4. The molecular formula is C25H21Cl2N3O2S. The third kappa shape index (κ3) is 3.99. The number of carbonyl (C=O) groups is 2. The Morgan fingerprint density at radius 2 is 1.48 bits per heavy atom. The molecule has 3 aromatic rings. The van der Waals surface area contributed by atoms with E-state index in [0.29, 0.717) is 21.3 Å². The highest BCUT2D eigenvalue weighted by atomic mass is 35.5. The highest BCUT2D eigenvalue weighted by Crippen LogP contribution is 2.31. The monoisotopic (exact) mass is 497 g/mol. The summed E-state index contributed by atoms with van der Waals surface area (Å²) in [4.78, 5) is 27.5. The van der Waals surface area contributed by atoms with Gasteiger partial charge in [0.25, 0.3) is 11.8 Å². The number of nitrogens with zero attached hydrogens (tertiary/aromatic N) is 2. The molecule has 0 aliphatic carbocycles. The maximum absolute atomic E-state index is 13.4. The molecule has 1 N–H and O–H groups in total. The number of anilines is 1. The Hall–Kier alpha value is -2.93. The van der Waals surface area contributed by atoms with Crippen molar-refractivity contribution in [2.24, 2.45) is 0 Å². The second-order valence-electron chi connectivity index (χ2n) is 7.89. The molecule has 0 spiro atoms. The Kier molecular flexibility index (Phi) is 6.18. The number of hydrogen-bond acceptors (Lipinski definition) is 3. The lowest BCUT2D eigenvalue weighted by atomic mass is 10.1. The van der Waals surface area contributed by atoms with Crippen LogP contribution < -0.4 is 10.2 Å². The van der Waals surface area contributed by atoms with E-state index in [2.05, 4.69) is 9.88 Å². The van der Waals surface area contributed by atoms with E-state index in [-0.39, 0.29) is 10.7 Å². The van der Waals surface area contributed by atoms with Crippen LogP contribution in [0, 0.1) is 27.7 Å². The number of hydrogen-bond donors (Lipinski definition) is 1. The van der Waals surface area contributed by atoms with E-state index in [1.165, 1.54) is 4.90 Å². The Morgan fingerprint density at radius 3 is 2.12 bits per heavy atom. The number of nitrogens with one attached hydrogen (secondary N) is 1. The molecule has 5 nitrogen and oxygen atoms in total. The minimum Gasteiger partial charge on any atom is -0.318 e. The molecule has 2 heterocycles. The topological polar surface area (TPSA) is 54.3 Å². The van der Waals surface area contributed by atoms with Crippen molar-refractivity contribution in [3.8, 4) is 5.69 Å². The summed E-state index contributed by atoms with van der Waals surface area (Å²) in [7, 11) is 0. The molecule has 8 heteroatoms. The Balaban J connectivity index is 1.81. The summed E-state index contributed by atoms with van der Waals surface area (Å²) in [6.45, 7) is 7.66.